The van der Waals surface area contributed by atoms with E-state index in [1.165, 1.54) is 4.90 Å². The van der Waals surface area contributed by atoms with E-state index in [2.05, 4.69) is 5.92 Å². The Hall–Kier alpha value is -2.32. The molecule has 1 saturated heterocycles. The van der Waals surface area contributed by atoms with Crippen molar-refractivity contribution in [3.63, 3.8) is 0 Å². The van der Waals surface area contributed by atoms with Crippen LogP contribution in [-0.4, -0.2) is 40.9 Å². The zero-order chi connectivity index (χ0) is 15.6. The van der Waals surface area contributed by atoms with E-state index in [-0.39, 0.29) is 24.5 Å². The third-order valence-electron chi connectivity index (χ3n) is 3.89. The molecule has 1 aliphatic heterocycles. The highest BCUT2D eigenvalue weighted by Crippen LogP contribution is 2.34. The smallest absolute Gasteiger partial charge is 0.322 e. The normalized spacial score (nSPS) is 23.0. The summed E-state index contributed by atoms with van der Waals surface area (Å²) in [6.07, 6.45) is 5.32. The predicted octanol–water partition coefficient (Wildman–Crippen LogP) is 1.36. The van der Waals surface area contributed by atoms with E-state index in [0.717, 1.165) is 5.56 Å². The number of terminal acetylenes is 1. The Morgan fingerprint density at radius 1 is 1.43 bits per heavy atom. The molecule has 1 fully saturated rings. The first kappa shape index (κ1) is 15.1. The minimum atomic E-state index is -0.858. The van der Waals surface area contributed by atoms with Crippen LogP contribution in [0.2, 0.25) is 0 Å². The lowest BCUT2D eigenvalue weighted by Gasteiger charge is -2.25. The van der Waals surface area contributed by atoms with Gasteiger partial charge in [0.05, 0.1) is 18.1 Å². The highest BCUT2D eigenvalue weighted by atomic mass is 16.2. The topological polar surface area (TPSA) is 66.6 Å². The third kappa shape index (κ3) is 2.63. The van der Waals surface area contributed by atoms with E-state index in [4.69, 9.17) is 12.2 Å². The van der Waals surface area contributed by atoms with Crippen molar-refractivity contribution < 1.29 is 9.59 Å². The first-order valence-electron chi connectivity index (χ1n) is 6.83. The SMILES string of the molecule is C#CC[C@H](N)C(=O)N1C(=O)N(C)[C@@H](C)[C@H]1c1ccccc1. The van der Waals surface area contributed by atoms with Crippen molar-refractivity contribution in [3.05, 3.63) is 35.9 Å². The number of carbonyl (C=O) groups is 2. The van der Waals surface area contributed by atoms with Gasteiger partial charge in [-0.1, -0.05) is 30.3 Å². The summed E-state index contributed by atoms with van der Waals surface area (Å²) < 4.78 is 0. The third-order valence-corrected chi connectivity index (χ3v) is 3.89. The van der Waals surface area contributed by atoms with Gasteiger partial charge in [0.1, 0.15) is 0 Å². The summed E-state index contributed by atoms with van der Waals surface area (Å²) >= 11 is 0. The number of hydrogen-bond donors (Lipinski definition) is 1. The summed E-state index contributed by atoms with van der Waals surface area (Å²) in [5.41, 5.74) is 6.70. The minimum absolute atomic E-state index is 0.113. The zero-order valence-electron chi connectivity index (χ0n) is 12.2. The van der Waals surface area contributed by atoms with Gasteiger partial charge in [-0.15, -0.1) is 12.3 Å². The lowest BCUT2D eigenvalue weighted by Crippen LogP contribution is -2.46. The molecule has 0 aromatic heterocycles. The van der Waals surface area contributed by atoms with Crippen LogP contribution in [0, 0.1) is 12.3 Å². The van der Waals surface area contributed by atoms with Crippen LogP contribution >= 0.6 is 0 Å². The summed E-state index contributed by atoms with van der Waals surface area (Å²) in [7, 11) is 1.68. The number of imide groups is 1. The molecule has 0 aliphatic carbocycles. The number of nitrogens with two attached hydrogens (primary N) is 1. The van der Waals surface area contributed by atoms with Crippen LogP contribution in [-0.2, 0) is 4.79 Å². The highest BCUT2D eigenvalue weighted by molar-refractivity contribution is 5.99. The summed E-state index contributed by atoms with van der Waals surface area (Å²) in [6, 6.07) is 7.80. The summed E-state index contributed by atoms with van der Waals surface area (Å²) in [6.45, 7) is 1.91. The van der Waals surface area contributed by atoms with Crippen molar-refractivity contribution in [1.82, 2.24) is 9.80 Å². The molecule has 0 saturated carbocycles. The first-order chi connectivity index (χ1) is 9.99. The van der Waals surface area contributed by atoms with Gasteiger partial charge in [-0.2, -0.15) is 0 Å². The molecule has 110 valence electrons. The molecule has 5 nitrogen and oxygen atoms in total. The molecule has 1 aromatic carbocycles. The predicted molar refractivity (Wildman–Crippen MR) is 80.1 cm³/mol. The maximum absolute atomic E-state index is 12.5. The second-order valence-electron chi connectivity index (χ2n) is 5.21. The van der Waals surface area contributed by atoms with E-state index in [1.54, 1.807) is 11.9 Å². The van der Waals surface area contributed by atoms with Gasteiger partial charge in [-0.3, -0.25) is 9.69 Å². The van der Waals surface area contributed by atoms with Crippen molar-refractivity contribution in [2.45, 2.75) is 31.5 Å². The number of hydrogen-bond acceptors (Lipinski definition) is 3. The van der Waals surface area contributed by atoms with Crippen LogP contribution in [0.1, 0.15) is 24.9 Å². The second-order valence-corrected chi connectivity index (χ2v) is 5.21. The van der Waals surface area contributed by atoms with Gasteiger partial charge < -0.3 is 10.6 Å². The Morgan fingerprint density at radius 3 is 2.62 bits per heavy atom. The van der Waals surface area contributed by atoms with Crippen LogP contribution < -0.4 is 5.73 Å². The highest BCUT2D eigenvalue weighted by Gasteiger charge is 2.46. The molecule has 1 aliphatic rings. The standard InChI is InChI=1S/C16H19N3O2/c1-4-8-13(17)15(20)19-14(11(2)18(3)16(19)21)12-9-6-5-7-10-12/h1,5-7,9-11,13-14H,8,17H2,2-3H3/t11-,13-,14-/m0/s1. The van der Waals surface area contributed by atoms with E-state index >= 15 is 0 Å². The molecule has 3 amide bonds. The second kappa shape index (κ2) is 5.98. The molecular formula is C16H19N3O2. The number of amides is 3. The Bertz CT molecular complexity index is 579. The van der Waals surface area contributed by atoms with Crippen LogP contribution in [0.15, 0.2) is 30.3 Å². The minimum Gasteiger partial charge on any atom is -0.322 e. The van der Waals surface area contributed by atoms with Gasteiger partial charge in [0.25, 0.3) is 0 Å². The zero-order valence-corrected chi connectivity index (χ0v) is 12.2. The molecule has 2 N–H and O–H groups in total. The summed E-state index contributed by atoms with van der Waals surface area (Å²) in [4.78, 5) is 27.6. The van der Waals surface area contributed by atoms with Crippen molar-refractivity contribution >= 4 is 11.9 Å². The Labute approximate surface area is 124 Å². The Kier molecular flexibility index (Phi) is 4.29. The molecule has 0 radical (unpaired) electrons. The van der Waals surface area contributed by atoms with Gasteiger partial charge in [0, 0.05) is 13.5 Å². The number of nitrogens with zero attached hydrogens (tertiary/aromatic N) is 2. The molecule has 0 unspecified atom stereocenters. The van der Waals surface area contributed by atoms with E-state index in [1.807, 2.05) is 37.3 Å². The number of likely N-dealkylation sites (N-methyl/N-ethyl adjacent to an activating group) is 1. The summed E-state index contributed by atoms with van der Waals surface area (Å²) in [5.74, 6) is 1.94. The molecule has 0 spiro atoms. The molecule has 1 aromatic rings. The van der Waals surface area contributed by atoms with Crippen molar-refractivity contribution in [2.24, 2.45) is 5.73 Å². The number of carbonyl (C=O) groups excluding carboxylic acids is 2. The molecule has 21 heavy (non-hydrogen) atoms. The largest absolute Gasteiger partial charge is 0.327 e. The fourth-order valence-corrected chi connectivity index (χ4v) is 2.59. The van der Waals surface area contributed by atoms with Gasteiger partial charge in [0.2, 0.25) is 5.91 Å². The first-order valence-corrected chi connectivity index (χ1v) is 6.83. The Balaban J connectivity index is 2.38. The van der Waals surface area contributed by atoms with Crippen molar-refractivity contribution in [1.29, 1.82) is 0 Å². The molecule has 0 bridgehead atoms. The van der Waals surface area contributed by atoms with E-state index < -0.39 is 11.9 Å². The quantitative estimate of drug-likeness (QED) is 0.853. The van der Waals surface area contributed by atoms with Crippen LogP contribution in [0.3, 0.4) is 0 Å². The molecule has 3 atom stereocenters. The average Bonchev–Trinajstić information content (AvgIpc) is 2.72. The van der Waals surface area contributed by atoms with Crippen LogP contribution in [0.4, 0.5) is 4.79 Å². The van der Waals surface area contributed by atoms with Gasteiger partial charge in [-0.25, -0.2) is 4.79 Å². The number of benzene rings is 1. The van der Waals surface area contributed by atoms with E-state index in [9.17, 15) is 9.59 Å². The molecule has 5 heteroatoms. The van der Waals surface area contributed by atoms with Gasteiger partial charge >= 0.3 is 6.03 Å². The van der Waals surface area contributed by atoms with Gasteiger partial charge in [0.15, 0.2) is 0 Å². The Morgan fingerprint density at radius 2 is 2.05 bits per heavy atom. The van der Waals surface area contributed by atoms with Crippen LogP contribution in [0.5, 0.6) is 0 Å². The van der Waals surface area contributed by atoms with Crippen molar-refractivity contribution in [3.8, 4) is 12.3 Å². The summed E-state index contributed by atoms with van der Waals surface area (Å²) in [5, 5.41) is 0. The number of urea groups is 1. The fourth-order valence-electron chi connectivity index (χ4n) is 2.59. The van der Waals surface area contributed by atoms with Crippen LogP contribution in [0.25, 0.3) is 0 Å². The monoisotopic (exact) mass is 285 g/mol. The maximum atomic E-state index is 12.5. The van der Waals surface area contributed by atoms with Gasteiger partial charge in [-0.05, 0) is 12.5 Å². The molecule has 1 heterocycles. The number of rotatable bonds is 3. The lowest BCUT2D eigenvalue weighted by atomic mass is 9.99. The fraction of sp³-hybridized carbons (Fsp3) is 0.375. The van der Waals surface area contributed by atoms with Crippen molar-refractivity contribution in [2.75, 3.05) is 7.05 Å². The lowest BCUT2D eigenvalue weighted by molar-refractivity contribution is -0.130. The molecular weight excluding hydrogens is 266 g/mol. The maximum Gasteiger partial charge on any atom is 0.327 e. The molecule has 2 rings (SSSR count). The average molecular weight is 285 g/mol. The van der Waals surface area contributed by atoms with E-state index in [0.29, 0.717) is 0 Å².